The number of ketones is 1. The van der Waals surface area contributed by atoms with Crippen molar-refractivity contribution in [2.45, 2.75) is 12.1 Å². The summed E-state index contributed by atoms with van der Waals surface area (Å²) in [5, 5.41) is 2.67. The van der Waals surface area contributed by atoms with Crippen LogP contribution in [0.15, 0.2) is 0 Å². The van der Waals surface area contributed by atoms with E-state index in [1.165, 1.54) is 0 Å². The van der Waals surface area contributed by atoms with E-state index >= 15 is 0 Å². The van der Waals surface area contributed by atoms with E-state index in [-0.39, 0.29) is 11.8 Å². The van der Waals surface area contributed by atoms with Gasteiger partial charge in [0.15, 0.2) is 6.10 Å². The minimum Gasteiger partial charge on any atom is -0.435 e. The number of nitrogens with one attached hydrogen (secondary N) is 1. The van der Waals surface area contributed by atoms with Gasteiger partial charge in [0.25, 0.3) is 0 Å². The Morgan fingerprint density at radius 2 is 2.00 bits per heavy atom. The van der Waals surface area contributed by atoms with Crippen molar-refractivity contribution in [3.63, 3.8) is 0 Å². The minimum absolute atomic E-state index is 0.0723. The largest absolute Gasteiger partial charge is 0.435 e. The van der Waals surface area contributed by atoms with Crippen LogP contribution < -0.4 is 5.32 Å². The van der Waals surface area contributed by atoms with Crippen molar-refractivity contribution in [2.24, 2.45) is 0 Å². The molecule has 1 aromatic heterocycles. The van der Waals surface area contributed by atoms with E-state index in [4.69, 9.17) is 4.74 Å². The third-order valence-electron chi connectivity index (χ3n) is 2.48. The van der Waals surface area contributed by atoms with Gasteiger partial charge >= 0.3 is 6.09 Å². The Morgan fingerprint density at radius 3 is 2.73 bits per heavy atom. The minimum atomic E-state index is -0.641. The summed E-state index contributed by atoms with van der Waals surface area (Å²) in [6.45, 7) is 0. The number of fused-ring (bicyclic) bond motifs is 3. The van der Waals surface area contributed by atoms with Crippen LogP contribution in [0.25, 0.3) is 0 Å². The van der Waals surface area contributed by atoms with Crippen molar-refractivity contribution in [1.29, 1.82) is 0 Å². The van der Waals surface area contributed by atoms with Gasteiger partial charge in [0, 0.05) is 5.56 Å². The summed E-state index contributed by atoms with van der Waals surface area (Å²) < 4.78 is 6.98. The molecule has 2 aliphatic rings. The van der Waals surface area contributed by atoms with Crippen molar-refractivity contribution in [3.8, 4) is 0 Å². The Labute approximate surface area is 116 Å². The molecular formula is C8H3I2NO3S. The van der Waals surface area contributed by atoms with Gasteiger partial charge in [-0.15, -0.1) is 11.3 Å². The standard InChI is InChI=1S/C8H3I2NO3S/c9-6-1-2(7(10)15-6)4(12)5-3(1)11-8(13)14-5/h3,5H,(H,11,13)/t3-,5+/m0/s1. The van der Waals surface area contributed by atoms with Crippen molar-refractivity contribution >= 4 is 68.4 Å². The van der Waals surface area contributed by atoms with Crippen molar-refractivity contribution in [3.05, 3.63) is 16.9 Å². The van der Waals surface area contributed by atoms with E-state index in [1.807, 2.05) is 0 Å². The Balaban J connectivity index is 2.21. The van der Waals surface area contributed by atoms with Crippen molar-refractivity contribution in [1.82, 2.24) is 5.32 Å². The second-order valence-electron chi connectivity index (χ2n) is 3.25. The SMILES string of the molecule is O=C1N[C@H]2c3c(I)sc(I)c3C(=O)[C@@H]2O1. The molecule has 1 N–H and O–H groups in total. The summed E-state index contributed by atoms with van der Waals surface area (Å²) in [7, 11) is 0. The predicted molar refractivity (Wildman–Crippen MR) is 70.2 cm³/mol. The van der Waals surface area contributed by atoms with Gasteiger partial charge in [-0.2, -0.15) is 0 Å². The van der Waals surface area contributed by atoms with Gasteiger partial charge < -0.3 is 10.1 Å². The number of ether oxygens (including phenoxy) is 1. The van der Waals surface area contributed by atoms with Crippen molar-refractivity contribution in [2.75, 3.05) is 0 Å². The van der Waals surface area contributed by atoms with Gasteiger partial charge in [-0.3, -0.25) is 4.79 Å². The quantitative estimate of drug-likeness (QED) is 0.622. The lowest BCUT2D eigenvalue weighted by molar-refractivity contribution is 0.0752. The van der Waals surface area contributed by atoms with E-state index < -0.39 is 12.2 Å². The first kappa shape index (κ1) is 10.3. The van der Waals surface area contributed by atoms with E-state index in [9.17, 15) is 9.59 Å². The van der Waals surface area contributed by atoms with E-state index in [0.717, 1.165) is 16.9 Å². The Bertz CT molecular complexity index is 498. The highest BCUT2D eigenvalue weighted by molar-refractivity contribution is 14.1. The fraction of sp³-hybridized carbons (Fsp3) is 0.250. The molecule has 1 saturated heterocycles. The average Bonchev–Trinajstić information content (AvgIpc) is 2.71. The Morgan fingerprint density at radius 1 is 1.27 bits per heavy atom. The number of alkyl carbamates (subject to hydrolysis) is 1. The normalized spacial score (nSPS) is 27.3. The number of amides is 1. The molecule has 3 rings (SSSR count). The first-order valence-corrected chi connectivity index (χ1v) is 7.06. The fourth-order valence-electron chi connectivity index (χ4n) is 1.89. The van der Waals surface area contributed by atoms with Crippen LogP contribution in [0, 0.1) is 5.77 Å². The Hall–Kier alpha value is 0.1000. The molecule has 0 bridgehead atoms. The monoisotopic (exact) mass is 447 g/mol. The fourth-order valence-corrected chi connectivity index (χ4v) is 6.44. The number of Topliss-reactive ketones (excluding diaryl/α,β-unsaturated/α-hetero) is 1. The van der Waals surface area contributed by atoms with Crippen LogP contribution in [-0.4, -0.2) is 18.0 Å². The van der Waals surface area contributed by atoms with Gasteiger partial charge in [-0.25, -0.2) is 4.79 Å². The second kappa shape index (κ2) is 3.29. The van der Waals surface area contributed by atoms with E-state index in [2.05, 4.69) is 50.5 Å². The van der Waals surface area contributed by atoms with Gasteiger partial charge in [0.2, 0.25) is 5.78 Å². The molecule has 0 radical (unpaired) electrons. The summed E-state index contributed by atoms with van der Waals surface area (Å²) in [6, 6.07) is -0.272. The van der Waals surface area contributed by atoms with Gasteiger partial charge in [-0.1, -0.05) is 0 Å². The van der Waals surface area contributed by atoms with E-state index in [1.54, 1.807) is 11.3 Å². The number of halogens is 2. The van der Waals surface area contributed by atoms with Crippen LogP contribution in [0.1, 0.15) is 22.0 Å². The van der Waals surface area contributed by atoms with Crippen LogP contribution in [0.3, 0.4) is 0 Å². The maximum absolute atomic E-state index is 11.9. The molecule has 2 heterocycles. The number of hydrogen-bond donors (Lipinski definition) is 1. The van der Waals surface area contributed by atoms with E-state index in [0.29, 0.717) is 0 Å². The molecule has 1 aliphatic carbocycles. The summed E-state index contributed by atoms with van der Waals surface area (Å²) in [5.74, 6) is -0.0723. The van der Waals surface area contributed by atoms with Crippen LogP contribution in [0.5, 0.6) is 0 Å². The third-order valence-corrected chi connectivity index (χ3v) is 5.71. The molecule has 1 amide bonds. The number of carbonyl (C=O) groups excluding carboxylic acids is 2. The highest BCUT2D eigenvalue weighted by Crippen LogP contribution is 2.45. The van der Waals surface area contributed by atoms with Crippen LogP contribution in [-0.2, 0) is 4.74 Å². The second-order valence-corrected chi connectivity index (χ2v) is 7.89. The molecule has 7 heteroatoms. The molecule has 2 atom stereocenters. The number of thiophene rings is 1. The smallest absolute Gasteiger partial charge is 0.408 e. The molecule has 15 heavy (non-hydrogen) atoms. The molecule has 0 spiro atoms. The summed E-state index contributed by atoms with van der Waals surface area (Å²) in [6.07, 6.45) is -1.14. The lowest BCUT2D eigenvalue weighted by atomic mass is 10.2. The first-order valence-electron chi connectivity index (χ1n) is 4.08. The number of hydrogen-bond acceptors (Lipinski definition) is 4. The van der Waals surface area contributed by atoms with Crippen LogP contribution >= 0.6 is 56.5 Å². The zero-order chi connectivity index (χ0) is 10.7. The summed E-state index contributed by atoms with van der Waals surface area (Å²) >= 11 is 5.92. The maximum Gasteiger partial charge on any atom is 0.408 e. The summed E-state index contributed by atoms with van der Waals surface area (Å²) in [4.78, 5) is 23.0. The number of carbonyl (C=O) groups is 2. The molecule has 4 nitrogen and oxygen atoms in total. The highest BCUT2D eigenvalue weighted by atomic mass is 127. The van der Waals surface area contributed by atoms with Crippen LogP contribution in [0.4, 0.5) is 4.79 Å². The molecule has 1 aliphatic heterocycles. The molecule has 1 aromatic rings. The molecule has 0 saturated carbocycles. The lowest BCUT2D eigenvalue weighted by Gasteiger charge is -2.04. The number of rotatable bonds is 0. The van der Waals surface area contributed by atoms with Gasteiger partial charge in [-0.05, 0) is 45.2 Å². The van der Waals surface area contributed by atoms with Crippen molar-refractivity contribution < 1.29 is 14.3 Å². The average molecular weight is 447 g/mol. The predicted octanol–water partition coefficient (Wildman–Crippen LogP) is 2.30. The zero-order valence-corrected chi connectivity index (χ0v) is 12.2. The molecule has 0 aromatic carbocycles. The van der Waals surface area contributed by atoms with Crippen LogP contribution in [0.2, 0.25) is 0 Å². The molecular weight excluding hydrogens is 444 g/mol. The van der Waals surface area contributed by atoms with Gasteiger partial charge in [0.1, 0.15) is 6.04 Å². The maximum atomic E-state index is 11.9. The molecule has 0 unspecified atom stereocenters. The molecule has 1 fully saturated rings. The molecule has 78 valence electrons. The first-order chi connectivity index (χ1) is 7.09. The van der Waals surface area contributed by atoms with Gasteiger partial charge in [0.05, 0.1) is 11.3 Å². The highest BCUT2D eigenvalue weighted by Gasteiger charge is 2.50. The third kappa shape index (κ3) is 1.28. The topological polar surface area (TPSA) is 55.4 Å². The lowest BCUT2D eigenvalue weighted by Crippen LogP contribution is -2.21. The zero-order valence-electron chi connectivity index (χ0n) is 7.04. The summed E-state index contributed by atoms with van der Waals surface area (Å²) in [5.41, 5.74) is 1.67. The Kier molecular flexibility index (Phi) is 2.26.